The topological polar surface area (TPSA) is 75.7 Å². The zero-order valence-electron chi connectivity index (χ0n) is 17.2. The Morgan fingerprint density at radius 2 is 1.74 bits per heavy atom. The molecule has 0 aromatic heterocycles. The molecule has 0 heterocycles. The molecule has 0 unspecified atom stereocenters. The lowest BCUT2D eigenvalue weighted by Crippen LogP contribution is -2.31. The lowest BCUT2D eigenvalue weighted by atomic mass is 10.1. The van der Waals surface area contributed by atoms with Crippen molar-refractivity contribution in [2.75, 3.05) is 22.5 Å². The number of para-hydroxylation sites is 1. The molecule has 0 bridgehead atoms. The third kappa shape index (κ3) is 5.96. The summed E-state index contributed by atoms with van der Waals surface area (Å²) in [5.74, 6) is 0.172. The quantitative estimate of drug-likeness (QED) is 0.502. The number of amides is 1. The van der Waals surface area contributed by atoms with Crippen molar-refractivity contribution in [2.24, 2.45) is 0 Å². The number of hydrogen-bond acceptors (Lipinski definition) is 4. The van der Waals surface area contributed by atoms with Crippen LogP contribution in [0.15, 0.2) is 91.5 Å². The first-order valence-corrected chi connectivity index (χ1v) is 11.5. The first-order chi connectivity index (χ1) is 14.9. The summed E-state index contributed by atoms with van der Waals surface area (Å²) in [4.78, 5) is 13.1. The van der Waals surface area contributed by atoms with Gasteiger partial charge in [-0.3, -0.25) is 9.10 Å². The van der Waals surface area contributed by atoms with Gasteiger partial charge in [0.25, 0.3) is 5.91 Å². The normalized spacial score (nSPS) is 10.9. The van der Waals surface area contributed by atoms with Gasteiger partial charge < -0.3 is 10.1 Å². The molecule has 31 heavy (non-hydrogen) atoms. The molecule has 6 nitrogen and oxygen atoms in total. The predicted molar refractivity (Wildman–Crippen MR) is 124 cm³/mol. The second-order valence-corrected chi connectivity index (χ2v) is 8.76. The molecule has 3 rings (SSSR count). The number of carbonyl (C=O) groups excluding carboxylic acids is 1. The molecule has 0 radical (unpaired) electrons. The summed E-state index contributed by atoms with van der Waals surface area (Å²) < 4.78 is 31.9. The minimum atomic E-state index is -3.64. The van der Waals surface area contributed by atoms with E-state index in [2.05, 4.69) is 11.9 Å². The molecule has 0 saturated carbocycles. The summed E-state index contributed by atoms with van der Waals surface area (Å²) in [6.45, 7) is 4.08. The Balaban J connectivity index is 1.91. The highest BCUT2D eigenvalue weighted by Crippen LogP contribution is 2.26. The largest absolute Gasteiger partial charge is 0.489 e. The van der Waals surface area contributed by atoms with E-state index >= 15 is 0 Å². The van der Waals surface area contributed by atoms with Crippen LogP contribution < -0.4 is 14.4 Å². The summed E-state index contributed by atoms with van der Waals surface area (Å²) in [6, 6.07) is 22.8. The van der Waals surface area contributed by atoms with Gasteiger partial charge in [-0.05, 0) is 29.8 Å². The highest BCUT2D eigenvalue weighted by Gasteiger charge is 2.23. The average Bonchev–Trinajstić information content (AvgIpc) is 2.76. The highest BCUT2D eigenvalue weighted by atomic mass is 32.2. The number of carbonyl (C=O) groups is 1. The molecule has 1 amide bonds. The summed E-state index contributed by atoms with van der Waals surface area (Å²) >= 11 is 0. The third-order valence-corrected chi connectivity index (χ3v) is 5.57. The zero-order chi connectivity index (χ0) is 22.3. The number of sulfonamides is 1. The Kier molecular flexibility index (Phi) is 7.10. The second-order valence-electron chi connectivity index (χ2n) is 6.85. The number of nitrogens with one attached hydrogen (secondary N) is 1. The van der Waals surface area contributed by atoms with Gasteiger partial charge >= 0.3 is 0 Å². The molecular formula is C24H24N2O4S. The van der Waals surface area contributed by atoms with Crippen molar-refractivity contribution in [1.29, 1.82) is 0 Å². The molecule has 0 fully saturated rings. The van der Waals surface area contributed by atoms with Crippen LogP contribution in [0.1, 0.15) is 15.9 Å². The number of anilines is 2. The van der Waals surface area contributed by atoms with E-state index in [0.29, 0.717) is 23.7 Å². The molecular weight excluding hydrogens is 412 g/mol. The molecule has 0 aliphatic carbocycles. The maximum atomic E-state index is 13.1. The van der Waals surface area contributed by atoms with Gasteiger partial charge in [-0.2, -0.15) is 0 Å². The van der Waals surface area contributed by atoms with E-state index in [1.807, 2.05) is 30.3 Å². The molecule has 3 aromatic rings. The van der Waals surface area contributed by atoms with Crippen LogP contribution in [0, 0.1) is 0 Å². The molecule has 3 aromatic carbocycles. The van der Waals surface area contributed by atoms with Crippen LogP contribution in [0.2, 0.25) is 0 Å². The minimum Gasteiger partial charge on any atom is -0.489 e. The minimum absolute atomic E-state index is 0.120. The smallest absolute Gasteiger partial charge is 0.257 e. The van der Waals surface area contributed by atoms with Gasteiger partial charge in [-0.15, -0.1) is 0 Å². The summed E-state index contributed by atoms with van der Waals surface area (Å²) in [5, 5.41) is 2.82. The summed E-state index contributed by atoms with van der Waals surface area (Å²) in [7, 11) is -3.64. The highest BCUT2D eigenvalue weighted by molar-refractivity contribution is 7.92. The van der Waals surface area contributed by atoms with Gasteiger partial charge in [0.05, 0.1) is 24.1 Å². The van der Waals surface area contributed by atoms with Gasteiger partial charge in [0.2, 0.25) is 10.0 Å². The molecule has 0 saturated heterocycles. The Labute approximate surface area is 182 Å². The van der Waals surface area contributed by atoms with E-state index in [0.717, 1.165) is 11.8 Å². The van der Waals surface area contributed by atoms with Gasteiger partial charge in [-0.25, -0.2) is 8.42 Å². The number of nitrogens with zero attached hydrogens (tertiary/aromatic N) is 1. The van der Waals surface area contributed by atoms with Gasteiger partial charge in [0, 0.05) is 11.8 Å². The number of ether oxygens (including phenoxy) is 1. The van der Waals surface area contributed by atoms with Crippen molar-refractivity contribution < 1.29 is 17.9 Å². The fourth-order valence-corrected chi connectivity index (χ4v) is 3.93. The maximum absolute atomic E-state index is 13.1. The van der Waals surface area contributed by atoms with Gasteiger partial charge in [-0.1, -0.05) is 61.2 Å². The molecule has 0 atom stereocenters. The Hall–Kier alpha value is -3.58. The predicted octanol–water partition coefficient (Wildman–Crippen LogP) is 4.47. The van der Waals surface area contributed by atoms with E-state index < -0.39 is 15.9 Å². The van der Waals surface area contributed by atoms with Crippen molar-refractivity contribution in [3.05, 3.63) is 103 Å². The van der Waals surface area contributed by atoms with Gasteiger partial charge in [0.1, 0.15) is 12.4 Å². The van der Waals surface area contributed by atoms with Crippen LogP contribution in [-0.4, -0.2) is 27.2 Å². The first-order valence-electron chi connectivity index (χ1n) is 9.64. The summed E-state index contributed by atoms with van der Waals surface area (Å²) in [6.07, 6.45) is 2.76. The standard InChI is InChI=1S/C24H24N2O4S/c1-3-16-30-21-13-9-12-20(17-21)25-24(27)22-14-7-8-15-23(22)26(31(2,28)29)18-19-10-5-4-6-11-19/h3-15,17H,1,16,18H2,2H3,(H,25,27). The van der Waals surface area contributed by atoms with E-state index in [4.69, 9.17) is 4.74 Å². The Morgan fingerprint density at radius 3 is 2.45 bits per heavy atom. The van der Waals surface area contributed by atoms with Crippen molar-refractivity contribution in [3.8, 4) is 5.75 Å². The Morgan fingerprint density at radius 1 is 1.03 bits per heavy atom. The fraction of sp³-hybridized carbons (Fsp3) is 0.125. The van der Waals surface area contributed by atoms with Crippen LogP contribution in [0.5, 0.6) is 5.75 Å². The number of rotatable bonds is 9. The van der Waals surface area contributed by atoms with Gasteiger partial charge in [0.15, 0.2) is 0 Å². The number of hydrogen-bond donors (Lipinski definition) is 1. The zero-order valence-corrected chi connectivity index (χ0v) is 18.0. The molecule has 1 N–H and O–H groups in total. The third-order valence-electron chi connectivity index (χ3n) is 4.45. The van der Waals surface area contributed by atoms with E-state index in [9.17, 15) is 13.2 Å². The monoisotopic (exact) mass is 436 g/mol. The number of benzene rings is 3. The molecule has 160 valence electrons. The first kappa shape index (κ1) is 22.1. The Bertz CT molecular complexity index is 1160. The van der Waals surface area contributed by atoms with E-state index in [-0.39, 0.29) is 12.1 Å². The molecule has 0 spiro atoms. The van der Waals surface area contributed by atoms with E-state index in [1.165, 1.54) is 4.31 Å². The van der Waals surface area contributed by atoms with Crippen molar-refractivity contribution >= 4 is 27.3 Å². The molecule has 0 aliphatic rings. The van der Waals surface area contributed by atoms with Crippen LogP contribution in [0.25, 0.3) is 0 Å². The van der Waals surface area contributed by atoms with E-state index in [1.54, 1.807) is 54.6 Å². The summed E-state index contributed by atoms with van der Waals surface area (Å²) in [5.41, 5.74) is 1.91. The van der Waals surface area contributed by atoms with Crippen molar-refractivity contribution in [2.45, 2.75) is 6.54 Å². The van der Waals surface area contributed by atoms with Crippen LogP contribution in [-0.2, 0) is 16.6 Å². The van der Waals surface area contributed by atoms with Crippen molar-refractivity contribution in [3.63, 3.8) is 0 Å². The second kappa shape index (κ2) is 9.95. The van der Waals surface area contributed by atoms with Crippen LogP contribution in [0.3, 0.4) is 0 Å². The lowest BCUT2D eigenvalue weighted by molar-refractivity contribution is 0.102. The molecule has 7 heteroatoms. The van der Waals surface area contributed by atoms with Crippen LogP contribution in [0.4, 0.5) is 11.4 Å². The SMILES string of the molecule is C=CCOc1cccc(NC(=O)c2ccccc2N(Cc2ccccc2)S(C)(=O)=O)c1. The fourth-order valence-electron chi connectivity index (χ4n) is 3.03. The molecule has 0 aliphatic heterocycles. The lowest BCUT2D eigenvalue weighted by Gasteiger charge is -2.24. The van der Waals surface area contributed by atoms with Crippen molar-refractivity contribution in [1.82, 2.24) is 0 Å². The average molecular weight is 437 g/mol. The van der Waals surface area contributed by atoms with Crippen LogP contribution >= 0.6 is 0 Å². The maximum Gasteiger partial charge on any atom is 0.257 e.